The molecular weight excluding hydrogens is 279 g/mol. The van der Waals surface area contributed by atoms with Crippen molar-refractivity contribution < 1.29 is 4.39 Å². The highest BCUT2D eigenvalue weighted by Crippen LogP contribution is 2.26. The van der Waals surface area contributed by atoms with Crippen LogP contribution in [0.15, 0.2) is 30.6 Å². The lowest BCUT2D eigenvalue weighted by molar-refractivity contribution is 0.581. The summed E-state index contributed by atoms with van der Waals surface area (Å²) >= 11 is 0. The average molecular weight is 296 g/mol. The van der Waals surface area contributed by atoms with Gasteiger partial charge >= 0.3 is 0 Å². The van der Waals surface area contributed by atoms with Crippen molar-refractivity contribution in [2.45, 2.75) is 19.8 Å². The molecule has 0 saturated carbocycles. The summed E-state index contributed by atoms with van der Waals surface area (Å²) in [4.78, 5) is 10.5. The zero-order valence-corrected chi connectivity index (χ0v) is 12.5. The Morgan fingerprint density at radius 1 is 1.36 bits per heavy atom. The van der Waals surface area contributed by atoms with Gasteiger partial charge in [0.15, 0.2) is 11.5 Å². The highest BCUT2D eigenvalue weighted by molar-refractivity contribution is 5.50. The maximum absolute atomic E-state index is 13.3. The van der Waals surface area contributed by atoms with Gasteiger partial charge in [-0.25, -0.2) is 14.4 Å². The third-order valence-electron chi connectivity index (χ3n) is 4.12. The van der Waals surface area contributed by atoms with Crippen molar-refractivity contribution >= 4 is 5.82 Å². The number of rotatable bonds is 3. The van der Waals surface area contributed by atoms with E-state index in [1.807, 2.05) is 12.1 Å². The van der Waals surface area contributed by atoms with Crippen molar-refractivity contribution in [2.24, 2.45) is 5.92 Å². The summed E-state index contributed by atoms with van der Waals surface area (Å²) in [5.74, 6) is 0.996. The summed E-state index contributed by atoms with van der Waals surface area (Å²) in [6, 6.07) is 7.40. The average Bonchev–Trinajstić information content (AvgIpc) is 2.99. The van der Waals surface area contributed by atoms with Crippen LogP contribution >= 0.6 is 0 Å². The smallest absolute Gasteiger partial charge is 0.183 e. The Morgan fingerprint density at radius 3 is 2.95 bits per heavy atom. The Morgan fingerprint density at radius 2 is 2.18 bits per heavy atom. The van der Waals surface area contributed by atoms with Gasteiger partial charge in [-0.2, -0.15) is 5.26 Å². The highest BCUT2D eigenvalue weighted by atomic mass is 19.1. The van der Waals surface area contributed by atoms with E-state index >= 15 is 0 Å². The van der Waals surface area contributed by atoms with Gasteiger partial charge < -0.3 is 4.90 Å². The van der Waals surface area contributed by atoms with Crippen molar-refractivity contribution in [3.05, 3.63) is 53.2 Å². The first-order valence-corrected chi connectivity index (χ1v) is 7.38. The molecule has 0 aliphatic carbocycles. The van der Waals surface area contributed by atoms with Gasteiger partial charge in [-0.15, -0.1) is 0 Å². The molecule has 1 atom stereocenters. The molecule has 0 N–H and O–H groups in total. The van der Waals surface area contributed by atoms with Gasteiger partial charge in [0.2, 0.25) is 0 Å². The molecule has 1 aromatic heterocycles. The summed E-state index contributed by atoms with van der Waals surface area (Å²) in [5.41, 5.74) is 2.22. The van der Waals surface area contributed by atoms with Crippen LogP contribution in [0, 0.1) is 30.0 Å². The summed E-state index contributed by atoms with van der Waals surface area (Å²) in [5, 5.41) is 9.12. The van der Waals surface area contributed by atoms with Crippen LogP contribution in [0.1, 0.15) is 23.2 Å². The molecule has 1 saturated heterocycles. The van der Waals surface area contributed by atoms with E-state index in [0.29, 0.717) is 23.0 Å². The molecule has 2 aromatic rings. The second-order valence-corrected chi connectivity index (χ2v) is 5.73. The Balaban J connectivity index is 1.70. The fraction of sp³-hybridized carbons (Fsp3) is 0.353. The maximum Gasteiger partial charge on any atom is 0.183 e. The Kier molecular flexibility index (Phi) is 4.01. The highest BCUT2D eigenvalue weighted by Gasteiger charge is 2.25. The Hall–Kier alpha value is -2.48. The summed E-state index contributed by atoms with van der Waals surface area (Å²) < 4.78 is 13.3. The van der Waals surface area contributed by atoms with Gasteiger partial charge in [-0.3, -0.25) is 0 Å². The van der Waals surface area contributed by atoms with Crippen LogP contribution in [-0.2, 0) is 6.42 Å². The van der Waals surface area contributed by atoms with E-state index in [4.69, 9.17) is 5.26 Å². The van der Waals surface area contributed by atoms with Crippen molar-refractivity contribution in [1.29, 1.82) is 5.26 Å². The number of hydrogen-bond acceptors (Lipinski definition) is 4. The molecule has 1 aliphatic heterocycles. The van der Waals surface area contributed by atoms with Crippen LogP contribution < -0.4 is 4.90 Å². The van der Waals surface area contributed by atoms with E-state index in [0.717, 1.165) is 31.5 Å². The van der Waals surface area contributed by atoms with Gasteiger partial charge in [-0.1, -0.05) is 12.1 Å². The maximum atomic E-state index is 13.3. The molecular formula is C17H17FN4. The predicted octanol–water partition coefficient (Wildman–Crippen LogP) is 2.86. The van der Waals surface area contributed by atoms with Gasteiger partial charge in [0, 0.05) is 25.5 Å². The van der Waals surface area contributed by atoms with Crippen LogP contribution in [0.3, 0.4) is 0 Å². The summed E-state index contributed by atoms with van der Waals surface area (Å²) in [6.07, 6.45) is 5.11. The first-order chi connectivity index (χ1) is 10.7. The minimum absolute atomic E-state index is 0.157. The quantitative estimate of drug-likeness (QED) is 0.874. The van der Waals surface area contributed by atoms with Gasteiger partial charge in [0.1, 0.15) is 11.9 Å². The van der Waals surface area contributed by atoms with Gasteiger partial charge in [0.25, 0.3) is 0 Å². The number of aryl methyl sites for hydroxylation is 1. The van der Waals surface area contributed by atoms with Crippen LogP contribution in [0.4, 0.5) is 10.2 Å². The van der Waals surface area contributed by atoms with E-state index in [-0.39, 0.29) is 5.82 Å². The number of nitriles is 1. The molecule has 1 aromatic carbocycles. The molecule has 5 heteroatoms. The first kappa shape index (κ1) is 14.5. The molecule has 0 spiro atoms. The second kappa shape index (κ2) is 6.10. The second-order valence-electron chi connectivity index (χ2n) is 5.73. The molecule has 2 heterocycles. The topological polar surface area (TPSA) is 52.8 Å². The van der Waals surface area contributed by atoms with Crippen LogP contribution in [-0.4, -0.2) is 23.1 Å². The number of halogens is 1. The largest absolute Gasteiger partial charge is 0.354 e. The standard InChI is InChI=1S/C17H17FN4/c1-12-8-13(2-3-15(12)18)9-14-4-7-22(11-14)17-16(10-19)20-5-6-21-17/h2-3,5-6,8,14H,4,7,9,11H2,1H3. The third-order valence-corrected chi connectivity index (χ3v) is 4.12. The molecule has 22 heavy (non-hydrogen) atoms. The molecule has 0 bridgehead atoms. The number of hydrogen-bond donors (Lipinski definition) is 0. The minimum Gasteiger partial charge on any atom is -0.354 e. The summed E-state index contributed by atoms with van der Waals surface area (Å²) in [7, 11) is 0. The third kappa shape index (κ3) is 2.91. The lowest BCUT2D eigenvalue weighted by Crippen LogP contribution is -2.22. The predicted molar refractivity (Wildman–Crippen MR) is 81.9 cm³/mol. The van der Waals surface area contributed by atoms with E-state index in [1.54, 1.807) is 13.1 Å². The van der Waals surface area contributed by atoms with Crippen LogP contribution in [0.2, 0.25) is 0 Å². The molecule has 0 radical (unpaired) electrons. The fourth-order valence-corrected chi connectivity index (χ4v) is 3.00. The molecule has 1 unspecified atom stereocenters. The monoisotopic (exact) mass is 296 g/mol. The van der Waals surface area contributed by atoms with Gasteiger partial charge in [0.05, 0.1) is 0 Å². The Bertz CT molecular complexity index is 723. The van der Waals surface area contributed by atoms with Crippen LogP contribution in [0.25, 0.3) is 0 Å². The number of nitrogens with zero attached hydrogens (tertiary/aromatic N) is 4. The first-order valence-electron chi connectivity index (χ1n) is 7.38. The molecule has 3 rings (SSSR count). The summed E-state index contributed by atoms with van der Waals surface area (Å²) in [6.45, 7) is 3.51. The van der Waals surface area contributed by atoms with E-state index in [9.17, 15) is 4.39 Å². The molecule has 0 amide bonds. The normalized spacial score (nSPS) is 17.5. The van der Waals surface area contributed by atoms with Crippen molar-refractivity contribution in [3.8, 4) is 6.07 Å². The number of anilines is 1. The number of benzene rings is 1. The van der Waals surface area contributed by atoms with E-state index in [1.165, 1.54) is 12.3 Å². The van der Waals surface area contributed by atoms with Crippen molar-refractivity contribution in [3.63, 3.8) is 0 Å². The number of aromatic nitrogens is 2. The molecule has 1 fully saturated rings. The minimum atomic E-state index is -0.157. The Labute approximate surface area is 129 Å². The zero-order chi connectivity index (χ0) is 15.5. The lowest BCUT2D eigenvalue weighted by atomic mass is 9.97. The lowest BCUT2D eigenvalue weighted by Gasteiger charge is -2.18. The molecule has 1 aliphatic rings. The SMILES string of the molecule is Cc1cc(CC2CCN(c3nccnc3C#N)C2)ccc1F. The van der Waals surface area contributed by atoms with Gasteiger partial charge in [-0.05, 0) is 42.9 Å². The fourth-order valence-electron chi connectivity index (χ4n) is 3.00. The zero-order valence-electron chi connectivity index (χ0n) is 12.5. The van der Waals surface area contributed by atoms with Crippen molar-refractivity contribution in [1.82, 2.24) is 9.97 Å². The van der Waals surface area contributed by atoms with E-state index < -0.39 is 0 Å². The molecule has 112 valence electrons. The molecule has 4 nitrogen and oxygen atoms in total. The van der Waals surface area contributed by atoms with Crippen LogP contribution in [0.5, 0.6) is 0 Å². The van der Waals surface area contributed by atoms with E-state index in [2.05, 4.69) is 20.9 Å². The van der Waals surface area contributed by atoms with Crippen molar-refractivity contribution in [2.75, 3.05) is 18.0 Å².